The molecule has 3 rings (SSSR count). The number of morpholine rings is 1. The van der Waals surface area contributed by atoms with E-state index in [1.165, 1.54) is 12.1 Å². The van der Waals surface area contributed by atoms with Crippen molar-refractivity contribution in [1.82, 2.24) is 4.90 Å². The molecule has 1 heterocycles. The zero-order chi connectivity index (χ0) is 20.9. The molecule has 0 spiro atoms. The highest BCUT2D eigenvalue weighted by Gasteiger charge is 2.32. The Hall–Kier alpha value is -3.07. The molecule has 2 aromatic rings. The van der Waals surface area contributed by atoms with E-state index in [0.29, 0.717) is 19.7 Å². The van der Waals surface area contributed by atoms with Gasteiger partial charge in [-0.2, -0.15) is 0 Å². The fraction of sp³-hybridized carbons (Fsp3) is 0.300. The summed E-state index contributed by atoms with van der Waals surface area (Å²) >= 11 is 0. The van der Waals surface area contributed by atoms with Crippen LogP contribution in [0.15, 0.2) is 54.6 Å². The molecule has 1 aliphatic heterocycles. The Bertz CT molecular complexity index is 858. The van der Waals surface area contributed by atoms with E-state index in [1.807, 2.05) is 30.3 Å². The third kappa shape index (κ3) is 6.21. The summed E-state index contributed by atoms with van der Waals surface area (Å²) in [6, 6.07) is 14.4. The number of halogens is 3. The molecule has 1 saturated heterocycles. The highest BCUT2D eigenvalue weighted by Crippen LogP contribution is 2.25. The van der Waals surface area contributed by atoms with Crippen LogP contribution in [0.1, 0.15) is 12.0 Å². The van der Waals surface area contributed by atoms with E-state index in [1.54, 1.807) is 4.90 Å². The van der Waals surface area contributed by atoms with E-state index < -0.39 is 24.1 Å². The van der Waals surface area contributed by atoms with E-state index in [4.69, 9.17) is 4.74 Å². The summed E-state index contributed by atoms with van der Waals surface area (Å²) in [5.74, 6) is -1.30. The van der Waals surface area contributed by atoms with Gasteiger partial charge >= 0.3 is 6.36 Å². The van der Waals surface area contributed by atoms with E-state index in [9.17, 15) is 22.8 Å². The molecule has 29 heavy (non-hydrogen) atoms. The zero-order valence-corrected chi connectivity index (χ0v) is 15.3. The quantitative estimate of drug-likeness (QED) is 0.796. The van der Waals surface area contributed by atoms with Gasteiger partial charge < -0.3 is 19.7 Å². The van der Waals surface area contributed by atoms with Gasteiger partial charge in [-0.3, -0.25) is 9.59 Å². The second kappa shape index (κ2) is 8.95. The van der Waals surface area contributed by atoms with Gasteiger partial charge in [0, 0.05) is 24.8 Å². The minimum absolute atomic E-state index is 0.126. The third-order valence-electron chi connectivity index (χ3n) is 4.21. The Kier molecular flexibility index (Phi) is 6.38. The molecule has 1 atom stereocenters. The zero-order valence-electron chi connectivity index (χ0n) is 15.3. The molecule has 6 nitrogen and oxygen atoms in total. The molecule has 0 aromatic heterocycles. The van der Waals surface area contributed by atoms with Crippen molar-refractivity contribution in [3.05, 3.63) is 60.2 Å². The first-order valence-electron chi connectivity index (χ1n) is 8.90. The van der Waals surface area contributed by atoms with Gasteiger partial charge in [-0.1, -0.05) is 36.4 Å². The Morgan fingerprint density at radius 1 is 1.17 bits per heavy atom. The standard InChI is InChI=1S/C20H19F3N2O4/c21-20(22,23)29-16-8-4-7-15(11-16)24-18(26)12-17-19(27)25(9-10-28-17)13-14-5-2-1-3-6-14/h1-8,11,17H,9-10,12-13H2,(H,24,26)/t17-/m0/s1. The maximum Gasteiger partial charge on any atom is 0.573 e. The van der Waals surface area contributed by atoms with Gasteiger partial charge in [0.2, 0.25) is 5.91 Å². The molecule has 1 fully saturated rings. The number of ether oxygens (including phenoxy) is 2. The fourth-order valence-corrected chi connectivity index (χ4v) is 2.95. The molecule has 0 saturated carbocycles. The minimum Gasteiger partial charge on any atom is -0.406 e. The number of nitrogens with one attached hydrogen (secondary N) is 1. The Morgan fingerprint density at radius 3 is 2.66 bits per heavy atom. The Labute approximate surface area is 165 Å². The van der Waals surface area contributed by atoms with Crippen LogP contribution in [0, 0.1) is 0 Å². The number of amides is 2. The first kappa shape index (κ1) is 20.7. The van der Waals surface area contributed by atoms with Gasteiger partial charge in [0.05, 0.1) is 13.0 Å². The number of hydrogen-bond donors (Lipinski definition) is 1. The summed E-state index contributed by atoms with van der Waals surface area (Å²) in [6.07, 6.45) is -6.01. The average molecular weight is 408 g/mol. The van der Waals surface area contributed by atoms with Crippen molar-refractivity contribution in [2.45, 2.75) is 25.4 Å². The van der Waals surface area contributed by atoms with Crippen LogP contribution in [-0.2, 0) is 20.9 Å². The molecule has 1 N–H and O–H groups in total. The largest absolute Gasteiger partial charge is 0.573 e. The molecule has 154 valence electrons. The molecule has 0 unspecified atom stereocenters. The molecule has 9 heteroatoms. The normalized spacial score (nSPS) is 17.1. The smallest absolute Gasteiger partial charge is 0.406 e. The molecule has 1 aliphatic rings. The van der Waals surface area contributed by atoms with Crippen molar-refractivity contribution in [1.29, 1.82) is 0 Å². The first-order valence-corrected chi connectivity index (χ1v) is 8.90. The summed E-state index contributed by atoms with van der Waals surface area (Å²) in [4.78, 5) is 26.5. The summed E-state index contributed by atoms with van der Waals surface area (Å²) in [5.41, 5.74) is 1.09. The lowest BCUT2D eigenvalue weighted by Gasteiger charge is -2.32. The lowest BCUT2D eigenvalue weighted by molar-refractivity contribution is -0.274. The van der Waals surface area contributed by atoms with Crippen molar-refractivity contribution in [2.75, 3.05) is 18.5 Å². The Morgan fingerprint density at radius 2 is 1.93 bits per heavy atom. The van der Waals surface area contributed by atoms with Crippen molar-refractivity contribution >= 4 is 17.5 Å². The molecule has 0 aliphatic carbocycles. The monoisotopic (exact) mass is 408 g/mol. The van der Waals surface area contributed by atoms with Crippen molar-refractivity contribution in [2.24, 2.45) is 0 Å². The van der Waals surface area contributed by atoms with Crippen LogP contribution in [0.2, 0.25) is 0 Å². The van der Waals surface area contributed by atoms with Crippen molar-refractivity contribution < 1.29 is 32.2 Å². The van der Waals surface area contributed by atoms with Crippen LogP contribution in [-0.4, -0.2) is 42.3 Å². The number of benzene rings is 2. The van der Waals surface area contributed by atoms with Crippen molar-refractivity contribution in [3.8, 4) is 5.75 Å². The van der Waals surface area contributed by atoms with Crippen LogP contribution < -0.4 is 10.1 Å². The highest BCUT2D eigenvalue weighted by atomic mass is 19.4. The molecule has 0 radical (unpaired) electrons. The lowest BCUT2D eigenvalue weighted by Crippen LogP contribution is -2.48. The van der Waals surface area contributed by atoms with Gasteiger partial charge in [0.25, 0.3) is 5.91 Å². The van der Waals surface area contributed by atoms with Crippen LogP contribution >= 0.6 is 0 Å². The lowest BCUT2D eigenvalue weighted by atomic mass is 10.1. The molecule has 0 bridgehead atoms. The number of alkyl halides is 3. The number of carbonyl (C=O) groups is 2. The minimum atomic E-state index is -4.83. The average Bonchev–Trinajstić information content (AvgIpc) is 2.65. The second-order valence-electron chi connectivity index (χ2n) is 6.43. The van der Waals surface area contributed by atoms with Crippen LogP contribution in [0.5, 0.6) is 5.75 Å². The van der Waals surface area contributed by atoms with E-state index in [2.05, 4.69) is 10.1 Å². The summed E-state index contributed by atoms with van der Waals surface area (Å²) in [5, 5.41) is 2.46. The maximum absolute atomic E-state index is 12.6. The number of nitrogens with zero attached hydrogens (tertiary/aromatic N) is 1. The molecular formula is C20H19F3N2O4. The number of rotatable bonds is 6. The van der Waals surface area contributed by atoms with Gasteiger partial charge in [-0.25, -0.2) is 0 Å². The van der Waals surface area contributed by atoms with Gasteiger partial charge in [0.1, 0.15) is 11.9 Å². The van der Waals surface area contributed by atoms with Crippen LogP contribution in [0.3, 0.4) is 0 Å². The summed E-state index contributed by atoms with van der Waals surface area (Å²) in [6.45, 7) is 1.13. The van der Waals surface area contributed by atoms with Gasteiger partial charge in [-0.15, -0.1) is 13.2 Å². The van der Waals surface area contributed by atoms with Crippen LogP contribution in [0.4, 0.5) is 18.9 Å². The summed E-state index contributed by atoms with van der Waals surface area (Å²) in [7, 11) is 0. The highest BCUT2D eigenvalue weighted by molar-refractivity contribution is 5.95. The van der Waals surface area contributed by atoms with E-state index >= 15 is 0 Å². The topological polar surface area (TPSA) is 67.9 Å². The predicted octanol–water partition coefficient (Wildman–Crippen LogP) is 3.34. The summed E-state index contributed by atoms with van der Waals surface area (Å²) < 4.78 is 46.2. The van der Waals surface area contributed by atoms with Gasteiger partial charge in [-0.05, 0) is 17.7 Å². The van der Waals surface area contributed by atoms with Crippen molar-refractivity contribution in [3.63, 3.8) is 0 Å². The molecule has 2 amide bonds. The van der Waals surface area contributed by atoms with E-state index in [-0.39, 0.29) is 18.0 Å². The SMILES string of the molecule is O=C(C[C@@H]1OCCN(Cc2ccccc2)C1=O)Nc1cccc(OC(F)(F)F)c1. The first-order chi connectivity index (χ1) is 13.8. The number of carbonyl (C=O) groups excluding carboxylic acids is 2. The fourth-order valence-electron chi connectivity index (χ4n) is 2.95. The predicted molar refractivity (Wildman–Crippen MR) is 98.0 cm³/mol. The number of hydrogen-bond acceptors (Lipinski definition) is 4. The number of anilines is 1. The van der Waals surface area contributed by atoms with E-state index in [0.717, 1.165) is 17.7 Å². The molecular weight excluding hydrogens is 389 g/mol. The Balaban J connectivity index is 1.57. The third-order valence-corrected chi connectivity index (χ3v) is 4.21. The van der Waals surface area contributed by atoms with Crippen LogP contribution in [0.25, 0.3) is 0 Å². The second-order valence-corrected chi connectivity index (χ2v) is 6.43. The maximum atomic E-state index is 12.6. The van der Waals surface area contributed by atoms with Gasteiger partial charge in [0.15, 0.2) is 0 Å². The molecule has 2 aromatic carbocycles.